The van der Waals surface area contributed by atoms with Crippen LogP contribution in [0.2, 0.25) is 0 Å². The van der Waals surface area contributed by atoms with E-state index in [4.69, 9.17) is 4.74 Å². The lowest BCUT2D eigenvalue weighted by atomic mass is 10.1. The van der Waals surface area contributed by atoms with Gasteiger partial charge in [0.15, 0.2) is 0 Å². The number of amides is 1. The lowest BCUT2D eigenvalue weighted by Crippen LogP contribution is -2.12. The number of hydrogen-bond acceptors (Lipinski definition) is 4. The molecule has 0 radical (unpaired) electrons. The number of carbonyl (C=O) groups is 1. The van der Waals surface area contributed by atoms with Crippen molar-refractivity contribution in [1.29, 1.82) is 0 Å². The fourth-order valence-electron chi connectivity index (χ4n) is 3.47. The molecule has 1 N–H and O–H groups in total. The summed E-state index contributed by atoms with van der Waals surface area (Å²) < 4.78 is 5.68. The van der Waals surface area contributed by atoms with E-state index in [1.165, 1.54) is 18.4 Å². The smallest absolute Gasteiger partial charge is 0.255 e. The molecular formula is C26H28N4O2. The SMILES string of the molecule is CCCCc1ccc(-n2nc3ccc(NC(=O)c4cccc(OC(C)C)c4)cc3n2)cc1. The minimum Gasteiger partial charge on any atom is -0.491 e. The van der Waals surface area contributed by atoms with Crippen LogP contribution in [0.25, 0.3) is 16.7 Å². The van der Waals surface area contributed by atoms with Gasteiger partial charge in [0, 0.05) is 11.3 Å². The molecule has 0 saturated heterocycles. The quantitative estimate of drug-likeness (QED) is 0.385. The minimum absolute atomic E-state index is 0.0471. The second-order valence-electron chi connectivity index (χ2n) is 8.11. The molecule has 164 valence electrons. The Labute approximate surface area is 188 Å². The summed E-state index contributed by atoms with van der Waals surface area (Å²) in [5.41, 5.74) is 4.92. The number of unbranched alkanes of at least 4 members (excludes halogenated alkanes) is 1. The van der Waals surface area contributed by atoms with Crippen molar-refractivity contribution in [3.63, 3.8) is 0 Å². The molecule has 1 heterocycles. The number of nitrogens with zero attached hydrogens (tertiary/aromatic N) is 3. The third kappa shape index (κ3) is 5.14. The van der Waals surface area contributed by atoms with Gasteiger partial charge in [0.05, 0.1) is 11.8 Å². The number of fused-ring (bicyclic) bond motifs is 1. The molecule has 0 unspecified atom stereocenters. The van der Waals surface area contributed by atoms with E-state index in [9.17, 15) is 4.79 Å². The summed E-state index contributed by atoms with van der Waals surface area (Å²) in [6, 6.07) is 21.0. The van der Waals surface area contributed by atoms with E-state index in [0.29, 0.717) is 17.0 Å². The highest BCUT2D eigenvalue weighted by Gasteiger charge is 2.11. The van der Waals surface area contributed by atoms with Crippen molar-refractivity contribution in [3.05, 3.63) is 77.9 Å². The first-order valence-corrected chi connectivity index (χ1v) is 11.1. The van der Waals surface area contributed by atoms with E-state index >= 15 is 0 Å². The first kappa shape index (κ1) is 21.6. The Hall–Kier alpha value is -3.67. The average Bonchev–Trinajstić information content (AvgIpc) is 3.21. The number of aromatic nitrogens is 3. The van der Waals surface area contributed by atoms with E-state index < -0.39 is 0 Å². The van der Waals surface area contributed by atoms with Crippen molar-refractivity contribution in [2.45, 2.75) is 46.1 Å². The highest BCUT2D eigenvalue weighted by atomic mass is 16.5. The summed E-state index contributed by atoms with van der Waals surface area (Å²) in [4.78, 5) is 14.3. The number of carbonyl (C=O) groups excluding carboxylic acids is 1. The highest BCUT2D eigenvalue weighted by Crippen LogP contribution is 2.20. The largest absolute Gasteiger partial charge is 0.491 e. The summed E-state index contributed by atoms with van der Waals surface area (Å²) in [7, 11) is 0. The molecule has 0 saturated carbocycles. The zero-order valence-electron chi connectivity index (χ0n) is 18.7. The topological polar surface area (TPSA) is 69.0 Å². The van der Waals surface area contributed by atoms with Crippen LogP contribution in [0.1, 0.15) is 49.5 Å². The molecule has 0 bridgehead atoms. The van der Waals surface area contributed by atoms with Gasteiger partial charge in [0.1, 0.15) is 16.8 Å². The Bertz CT molecular complexity index is 1210. The van der Waals surface area contributed by atoms with Gasteiger partial charge < -0.3 is 10.1 Å². The molecule has 0 fully saturated rings. The highest BCUT2D eigenvalue weighted by molar-refractivity contribution is 6.05. The average molecular weight is 429 g/mol. The maximum Gasteiger partial charge on any atom is 0.255 e. The Kier molecular flexibility index (Phi) is 6.50. The predicted molar refractivity (Wildman–Crippen MR) is 128 cm³/mol. The molecule has 0 aliphatic rings. The third-order valence-electron chi connectivity index (χ3n) is 5.09. The van der Waals surface area contributed by atoms with E-state index in [0.717, 1.165) is 23.1 Å². The molecular weight excluding hydrogens is 400 g/mol. The van der Waals surface area contributed by atoms with E-state index in [1.807, 2.05) is 56.3 Å². The van der Waals surface area contributed by atoms with Crippen molar-refractivity contribution in [2.75, 3.05) is 5.32 Å². The molecule has 4 rings (SSSR count). The van der Waals surface area contributed by atoms with Gasteiger partial charge in [-0.2, -0.15) is 4.80 Å². The standard InChI is InChI=1S/C26H28N4O2/c1-4-5-7-19-10-13-22(14-11-19)30-28-24-15-12-21(17-25(24)29-30)27-26(31)20-8-6-9-23(16-20)32-18(2)3/h6,8-18H,4-5,7H2,1-3H3,(H,27,31). The minimum atomic E-state index is -0.200. The fourth-order valence-corrected chi connectivity index (χ4v) is 3.47. The van der Waals surface area contributed by atoms with E-state index in [2.05, 4.69) is 34.6 Å². The number of hydrogen-bond donors (Lipinski definition) is 1. The maximum atomic E-state index is 12.7. The van der Waals surface area contributed by atoms with Gasteiger partial charge in [-0.15, -0.1) is 10.2 Å². The molecule has 0 aliphatic carbocycles. The van der Waals surface area contributed by atoms with Crippen molar-refractivity contribution in [2.24, 2.45) is 0 Å². The lowest BCUT2D eigenvalue weighted by molar-refractivity contribution is 0.102. The zero-order chi connectivity index (χ0) is 22.5. The second-order valence-corrected chi connectivity index (χ2v) is 8.11. The summed E-state index contributed by atoms with van der Waals surface area (Å²) in [6.45, 7) is 6.11. The molecule has 1 aromatic heterocycles. The van der Waals surface area contributed by atoms with Gasteiger partial charge in [0.25, 0.3) is 5.91 Å². The monoisotopic (exact) mass is 428 g/mol. The predicted octanol–water partition coefficient (Wildman–Crippen LogP) is 5.80. The lowest BCUT2D eigenvalue weighted by Gasteiger charge is -2.11. The molecule has 6 nitrogen and oxygen atoms in total. The number of anilines is 1. The Morgan fingerprint density at radius 2 is 1.78 bits per heavy atom. The molecule has 3 aromatic carbocycles. The Balaban J connectivity index is 1.50. The first-order chi connectivity index (χ1) is 15.5. The van der Waals surface area contributed by atoms with Crippen molar-refractivity contribution >= 4 is 22.6 Å². The maximum absolute atomic E-state index is 12.7. The summed E-state index contributed by atoms with van der Waals surface area (Å²) in [5.74, 6) is 0.473. The van der Waals surface area contributed by atoms with Crippen LogP contribution in [0.4, 0.5) is 5.69 Å². The number of aryl methyl sites for hydroxylation is 1. The molecule has 0 spiro atoms. The summed E-state index contributed by atoms with van der Waals surface area (Å²) >= 11 is 0. The third-order valence-corrected chi connectivity index (χ3v) is 5.09. The van der Waals surface area contributed by atoms with Crippen LogP contribution in [0, 0.1) is 0 Å². The molecule has 0 aliphatic heterocycles. The summed E-state index contributed by atoms with van der Waals surface area (Å²) in [6.07, 6.45) is 3.50. The molecule has 4 aromatic rings. The number of rotatable bonds is 8. The van der Waals surface area contributed by atoms with Gasteiger partial charge in [0.2, 0.25) is 0 Å². The van der Waals surface area contributed by atoms with E-state index in [1.54, 1.807) is 16.9 Å². The van der Waals surface area contributed by atoms with Gasteiger partial charge >= 0.3 is 0 Å². The normalized spacial score (nSPS) is 11.1. The van der Waals surface area contributed by atoms with Gasteiger partial charge in [-0.05, 0) is 80.8 Å². The van der Waals surface area contributed by atoms with Crippen LogP contribution in [0.15, 0.2) is 66.7 Å². The Morgan fingerprint density at radius 1 is 1.00 bits per heavy atom. The van der Waals surface area contributed by atoms with Gasteiger partial charge in [-0.25, -0.2) is 0 Å². The second kappa shape index (κ2) is 9.64. The van der Waals surface area contributed by atoms with Crippen LogP contribution in [-0.2, 0) is 6.42 Å². The van der Waals surface area contributed by atoms with Crippen molar-refractivity contribution < 1.29 is 9.53 Å². The van der Waals surface area contributed by atoms with Crippen LogP contribution >= 0.6 is 0 Å². The van der Waals surface area contributed by atoms with Crippen LogP contribution in [0.3, 0.4) is 0 Å². The van der Waals surface area contributed by atoms with Gasteiger partial charge in [-0.3, -0.25) is 4.79 Å². The van der Waals surface area contributed by atoms with E-state index in [-0.39, 0.29) is 12.0 Å². The van der Waals surface area contributed by atoms with Crippen molar-refractivity contribution in [3.8, 4) is 11.4 Å². The van der Waals surface area contributed by atoms with Gasteiger partial charge in [-0.1, -0.05) is 31.5 Å². The molecule has 6 heteroatoms. The zero-order valence-corrected chi connectivity index (χ0v) is 18.7. The van der Waals surface area contributed by atoms with Crippen molar-refractivity contribution in [1.82, 2.24) is 15.0 Å². The van der Waals surface area contributed by atoms with Crippen LogP contribution in [0.5, 0.6) is 5.75 Å². The molecule has 32 heavy (non-hydrogen) atoms. The number of nitrogens with one attached hydrogen (secondary N) is 1. The van der Waals surface area contributed by atoms with Crippen LogP contribution in [-0.4, -0.2) is 27.0 Å². The number of ether oxygens (including phenoxy) is 1. The summed E-state index contributed by atoms with van der Waals surface area (Å²) in [5, 5.41) is 12.1. The van der Waals surface area contributed by atoms with Crippen LogP contribution < -0.4 is 10.1 Å². The first-order valence-electron chi connectivity index (χ1n) is 11.1. The fraction of sp³-hybridized carbons (Fsp3) is 0.269. The number of benzene rings is 3. The molecule has 0 atom stereocenters. The Morgan fingerprint density at radius 3 is 2.53 bits per heavy atom. The molecule has 1 amide bonds.